The first-order valence-corrected chi connectivity index (χ1v) is 11.8. The van der Waals surface area contributed by atoms with Gasteiger partial charge >= 0.3 is 15.2 Å². The van der Waals surface area contributed by atoms with Gasteiger partial charge in [-0.15, -0.1) is 0 Å². The van der Waals surface area contributed by atoms with Gasteiger partial charge in [-0.25, -0.2) is 0 Å². The first-order chi connectivity index (χ1) is 12.0. The van der Waals surface area contributed by atoms with Crippen molar-refractivity contribution in [1.82, 2.24) is 5.32 Å². The molecule has 146 valence electrons. The molecule has 0 radical (unpaired) electrons. The third-order valence-electron chi connectivity index (χ3n) is 5.88. The van der Waals surface area contributed by atoms with E-state index in [1.165, 1.54) is 0 Å². The van der Waals surface area contributed by atoms with E-state index in [1.807, 2.05) is 43.3 Å². The van der Waals surface area contributed by atoms with E-state index in [0.29, 0.717) is 12.8 Å². The molecular weight excluding hydrogens is 378 g/mol. The second kappa shape index (κ2) is 6.71. The molecule has 3 atom stereocenters. The number of hydrogen-bond acceptors (Lipinski definition) is 4. The van der Waals surface area contributed by atoms with Crippen molar-refractivity contribution in [3.63, 3.8) is 0 Å². The van der Waals surface area contributed by atoms with Gasteiger partial charge in [0.1, 0.15) is 0 Å². The molecule has 1 aliphatic heterocycles. The number of piperidine rings is 1. The summed E-state index contributed by atoms with van der Waals surface area (Å²) in [5.41, 5.74) is 1.98. The molecule has 5 N–H and O–H groups in total. The summed E-state index contributed by atoms with van der Waals surface area (Å²) in [6.45, 7) is 0. The summed E-state index contributed by atoms with van der Waals surface area (Å²) >= 11 is 0. The molecule has 0 aromatic heterocycles. The second-order valence-corrected chi connectivity index (χ2v) is 11.7. The molecule has 1 aliphatic carbocycles. The highest BCUT2D eigenvalue weighted by molar-refractivity contribution is 7.72. The Morgan fingerprint density at radius 2 is 1.58 bits per heavy atom. The van der Waals surface area contributed by atoms with Crippen LogP contribution in [0.3, 0.4) is 0 Å². The highest BCUT2D eigenvalue weighted by Crippen LogP contribution is 2.76. The Hall–Kier alpha value is -0.720. The fourth-order valence-electron chi connectivity index (χ4n) is 4.45. The molecule has 0 bridgehead atoms. The molecule has 2 aliphatic rings. The van der Waals surface area contributed by atoms with Crippen LogP contribution in [0.1, 0.15) is 37.3 Å². The van der Waals surface area contributed by atoms with Crippen molar-refractivity contribution in [2.24, 2.45) is 5.92 Å². The summed E-state index contributed by atoms with van der Waals surface area (Å²) in [7, 11) is -6.18. The summed E-state index contributed by atoms with van der Waals surface area (Å²) in [5, 5.41) is 3.19. The van der Waals surface area contributed by atoms with Crippen LogP contribution in [0.25, 0.3) is 0 Å². The van der Waals surface area contributed by atoms with Gasteiger partial charge in [0.05, 0.1) is 0 Å². The van der Waals surface area contributed by atoms with Gasteiger partial charge in [-0.1, -0.05) is 12.1 Å². The summed E-state index contributed by atoms with van der Waals surface area (Å²) in [4.78, 5) is 39.1. The van der Waals surface area contributed by atoms with Crippen LogP contribution in [-0.2, 0) is 9.13 Å². The van der Waals surface area contributed by atoms with E-state index in [9.17, 15) is 28.7 Å². The molecule has 1 aromatic carbocycles. The van der Waals surface area contributed by atoms with Crippen LogP contribution in [0.15, 0.2) is 24.3 Å². The Morgan fingerprint density at radius 3 is 2.08 bits per heavy atom. The third-order valence-corrected chi connectivity index (χ3v) is 10.5. The maximum atomic E-state index is 12.2. The molecule has 26 heavy (non-hydrogen) atoms. The van der Waals surface area contributed by atoms with Crippen molar-refractivity contribution in [2.45, 2.75) is 42.7 Å². The Kier molecular flexibility index (Phi) is 5.17. The number of rotatable bonds is 4. The first-order valence-electron chi connectivity index (χ1n) is 8.62. The Labute approximate surface area is 152 Å². The van der Waals surface area contributed by atoms with E-state index in [1.54, 1.807) is 0 Å². The average Bonchev–Trinajstić information content (AvgIpc) is 2.94. The van der Waals surface area contributed by atoms with E-state index >= 15 is 0 Å². The highest BCUT2D eigenvalue weighted by atomic mass is 31.2. The zero-order valence-electron chi connectivity index (χ0n) is 14.8. The van der Waals surface area contributed by atoms with E-state index < -0.39 is 26.1 Å². The molecule has 0 amide bonds. The number of nitrogens with one attached hydrogen (secondary N) is 1. The normalized spacial score (nSPS) is 28.6. The summed E-state index contributed by atoms with van der Waals surface area (Å²) in [6, 6.07) is 6.70. The van der Waals surface area contributed by atoms with Crippen LogP contribution >= 0.6 is 15.2 Å². The van der Waals surface area contributed by atoms with Gasteiger partial charge in [0, 0.05) is 31.9 Å². The van der Waals surface area contributed by atoms with Crippen LogP contribution in [0.5, 0.6) is 0 Å². The first kappa shape index (κ1) is 20.0. The van der Waals surface area contributed by atoms with Gasteiger partial charge in [0.25, 0.3) is 0 Å². The number of anilines is 1. The van der Waals surface area contributed by atoms with Gasteiger partial charge in [-0.2, -0.15) is 0 Å². The molecule has 2 fully saturated rings. The molecular formula is C16H26N2O6P2. The van der Waals surface area contributed by atoms with Gasteiger partial charge in [-0.05, 0) is 49.3 Å². The molecule has 1 saturated carbocycles. The predicted octanol–water partition coefficient (Wildman–Crippen LogP) is 2.01. The van der Waals surface area contributed by atoms with Crippen molar-refractivity contribution in [2.75, 3.05) is 19.0 Å². The lowest BCUT2D eigenvalue weighted by atomic mass is 9.87. The number of hydrogen-bond donors (Lipinski definition) is 5. The quantitative estimate of drug-likeness (QED) is 0.482. The Balaban J connectivity index is 1.93. The minimum absolute atomic E-state index is 0.146. The van der Waals surface area contributed by atoms with Crippen molar-refractivity contribution < 1.29 is 28.7 Å². The smallest absolute Gasteiger partial charge is 0.345 e. The number of fused-ring (bicyclic) bond motifs is 1. The van der Waals surface area contributed by atoms with Crippen LogP contribution in [0.4, 0.5) is 5.69 Å². The molecule has 0 spiro atoms. The summed E-state index contributed by atoms with van der Waals surface area (Å²) < 4.78 is 24.4. The maximum absolute atomic E-state index is 12.2. The molecule has 3 rings (SSSR count). The fourth-order valence-corrected chi connectivity index (χ4v) is 7.94. The summed E-state index contributed by atoms with van der Waals surface area (Å²) in [6.07, 6.45) is 1.68. The second-order valence-electron chi connectivity index (χ2n) is 7.53. The van der Waals surface area contributed by atoms with E-state index in [2.05, 4.69) is 5.32 Å². The minimum Gasteiger partial charge on any atom is -0.378 e. The average molecular weight is 404 g/mol. The molecule has 8 nitrogen and oxygen atoms in total. The van der Waals surface area contributed by atoms with Crippen LogP contribution in [0.2, 0.25) is 0 Å². The lowest BCUT2D eigenvalue weighted by Crippen LogP contribution is -2.52. The van der Waals surface area contributed by atoms with E-state index in [4.69, 9.17) is 0 Å². The van der Waals surface area contributed by atoms with Crippen molar-refractivity contribution in [3.8, 4) is 0 Å². The van der Waals surface area contributed by atoms with Gasteiger partial charge in [0.15, 0.2) is 4.90 Å². The minimum atomic E-state index is -5.03. The maximum Gasteiger partial charge on any atom is 0.345 e. The van der Waals surface area contributed by atoms with E-state index in [0.717, 1.165) is 17.7 Å². The molecule has 3 unspecified atom stereocenters. The zero-order chi connectivity index (χ0) is 19.3. The van der Waals surface area contributed by atoms with Crippen LogP contribution in [0, 0.1) is 5.92 Å². The lowest BCUT2D eigenvalue weighted by Gasteiger charge is -2.43. The topological polar surface area (TPSA) is 130 Å². The largest absolute Gasteiger partial charge is 0.378 e. The monoisotopic (exact) mass is 404 g/mol. The fraction of sp³-hybridized carbons (Fsp3) is 0.625. The number of nitrogens with zero attached hydrogens (tertiary/aromatic N) is 1. The zero-order valence-corrected chi connectivity index (χ0v) is 16.6. The van der Waals surface area contributed by atoms with Gasteiger partial charge in [0.2, 0.25) is 0 Å². The molecule has 1 saturated heterocycles. The number of benzene rings is 1. The van der Waals surface area contributed by atoms with Crippen molar-refractivity contribution >= 4 is 20.9 Å². The van der Waals surface area contributed by atoms with Crippen molar-refractivity contribution in [3.05, 3.63) is 29.8 Å². The summed E-state index contributed by atoms with van der Waals surface area (Å²) in [5.74, 6) is -0.146. The SMILES string of the molecule is CN(C)c1ccc(C2CCC3CCC(P(=O)(O)O)(P(=O)(O)O)C3N2)cc1. The Bertz CT molecular complexity index is 735. The van der Waals surface area contributed by atoms with Crippen molar-refractivity contribution in [1.29, 1.82) is 0 Å². The van der Waals surface area contributed by atoms with Crippen LogP contribution in [-0.4, -0.2) is 44.6 Å². The van der Waals surface area contributed by atoms with Gasteiger partial charge < -0.3 is 29.8 Å². The standard InChI is InChI=1S/C16H26N2O6P2/c1-18(2)13-6-3-11(4-7-13)14-8-5-12-9-10-16(15(12)17-14,25(19,20)21)26(22,23)24/h3-4,6-7,12,14-15,17H,5,8-10H2,1-2H3,(H2,19,20,21)(H2,22,23,24). The highest BCUT2D eigenvalue weighted by Gasteiger charge is 2.69. The predicted molar refractivity (Wildman–Crippen MR) is 99.2 cm³/mol. The Morgan fingerprint density at radius 1 is 1.00 bits per heavy atom. The molecule has 10 heteroatoms. The van der Waals surface area contributed by atoms with Crippen LogP contribution < -0.4 is 10.2 Å². The molecule has 1 heterocycles. The molecule has 1 aromatic rings. The lowest BCUT2D eigenvalue weighted by molar-refractivity contribution is 0.223. The third kappa shape index (κ3) is 3.18. The van der Waals surface area contributed by atoms with Gasteiger partial charge in [-0.3, -0.25) is 9.13 Å². The van der Waals surface area contributed by atoms with E-state index in [-0.39, 0.29) is 18.4 Å².